The summed E-state index contributed by atoms with van der Waals surface area (Å²) in [6.07, 6.45) is 0. The van der Waals surface area contributed by atoms with Gasteiger partial charge in [-0.05, 0) is 63.3 Å². The van der Waals surface area contributed by atoms with Crippen LogP contribution in [0.4, 0.5) is 5.69 Å². The molecule has 0 heterocycles. The third kappa shape index (κ3) is 4.79. The van der Waals surface area contributed by atoms with E-state index in [1.54, 1.807) is 12.1 Å². The molecular weight excluding hydrogens is 292 g/mol. The van der Waals surface area contributed by atoms with Gasteiger partial charge in [0.25, 0.3) is 5.69 Å². The van der Waals surface area contributed by atoms with Crippen LogP contribution in [0.1, 0.15) is 13.8 Å². The van der Waals surface area contributed by atoms with E-state index in [-0.39, 0.29) is 11.3 Å². The van der Waals surface area contributed by atoms with Crippen LogP contribution in [0.15, 0.2) is 48.5 Å². The van der Waals surface area contributed by atoms with Crippen LogP contribution in [0.2, 0.25) is 0 Å². The van der Waals surface area contributed by atoms with E-state index in [1.165, 1.54) is 12.1 Å². The minimum atomic E-state index is -0.395. The van der Waals surface area contributed by atoms with Gasteiger partial charge in [-0.2, -0.15) is 0 Å². The fourth-order valence-corrected chi connectivity index (χ4v) is 2.60. The number of nitro groups is 1. The fraction of sp³-hybridized carbons (Fsp3) is 0.333. The maximum absolute atomic E-state index is 10.7. The summed E-state index contributed by atoms with van der Waals surface area (Å²) in [6.45, 7) is 4.92. The number of nitrogens with zero attached hydrogens (tertiary/aromatic N) is 2. The molecule has 23 heavy (non-hydrogen) atoms. The quantitative estimate of drug-likeness (QED) is 0.598. The highest BCUT2D eigenvalue weighted by atomic mass is 16.6. The summed E-state index contributed by atoms with van der Waals surface area (Å²) in [4.78, 5) is 12.4. The molecular formula is C18H22N2O3. The Hall–Kier alpha value is -2.40. The van der Waals surface area contributed by atoms with Crippen molar-refractivity contribution in [3.8, 4) is 16.9 Å². The lowest BCUT2D eigenvalue weighted by atomic mass is 10.0. The summed E-state index contributed by atoms with van der Waals surface area (Å²) in [5.74, 6) is 0.808. The average molecular weight is 314 g/mol. The van der Waals surface area contributed by atoms with Gasteiger partial charge in [0, 0.05) is 18.7 Å². The van der Waals surface area contributed by atoms with Gasteiger partial charge in [-0.25, -0.2) is 0 Å². The molecule has 0 aliphatic carbocycles. The number of nitro benzene ring substituents is 1. The lowest BCUT2D eigenvalue weighted by Crippen LogP contribution is -2.39. The van der Waals surface area contributed by atoms with Crippen molar-refractivity contribution in [3.63, 3.8) is 0 Å². The lowest BCUT2D eigenvalue weighted by Gasteiger charge is -2.29. The molecule has 0 aliphatic rings. The molecule has 0 aliphatic heterocycles. The first-order valence-corrected chi connectivity index (χ1v) is 7.45. The zero-order valence-electron chi connectivity index (χ0n) is 13.9. The molecule has 2 aromatic rings. The number of benzene rings is 2. The summed E-state index contributed by atoms with van der Waals surface area (Å²) in [5, 5.41) is 10.7. The van der Waals surface area contributed by atoms with Gasteiger partial charge in [0.2, 0.25) is 0 Å². The molecule has 0 aromatic heterocycles. The van der Waals surface area contributed by atoms with Gasteiger partial charge < -0.3 is 9.64 Å². The minimum absolute atomic E-state index is 0.0964. The van der Waals surface area contributed by atoms with E-state index in [0.717, 1.165) is 23.4 Å². The van der Waals surface area contributed by atoms with Crippen LogP contribution in [0.5, 0.6) is 5.75 Å². The number of ether oxygens (including phenoxy) is 1. The van der Waals surface area contributed by atoms with Crippen LogP contribution >= 0.6 is 0 Å². The van der Waals surface area contributed by atoms with Gasteiger partial charge in [-0.1, -0.05) is 12.1 Å². The molecule has 5 nitrogen and oxygen atoms in total. The molecule has 5 heteroatoms. The zero-order valence-corrected chi connectivity index (χ0v) is 13.9. The molecule has 0 bridgehead atoms. The first-order valence-electron chi connectivity index (χ1n) is 7.45. The molecule has 0 saturated heterocycles. The Balaban J connectivity index is 2.11. The predicted molar refractivity (Wildman–Crippen MR) is 91.8 cm³/mol. The van der Waals surface area contributed by atoms with Crippen molar-refractivity contribution in [1.82, 2.24) is 4.90 Å². The average Bonchev–Trinajstić information content (AvgIpc) is 2.46. The molecule has 2 rings (SSSR count). The Morgan fingerprint density at radius 2 is 1.48 bits per heavy atom. The van der Waals surface area contributed by atoms with E-state index >= 15 is 0 Å². The van der Waals surface area contributed by atoms with Crippen LogP contribution in [0.3, 0.4) is 0 Å². The number of non-ortho nitro benzene ring substituents is 1. The van der Waals surface area contributed by atoms with E-state index in [9.17, 15) is 10.1 Å². The molecule has 0 radical (unpaired) electrons. The minimum Gasteiger partial charge on any atom is -0.487 e. The Labute approximate surface area is 136 Å². The van der Waals surface area contributed by atoms with Crippen molar-refractivity contribution >= 4 is 5.69 Å². The standard InChI is InChI=1S/C18H22N2O3/c1-18(2,13-19(3)4)23-17-11-7-15(8-12-17)14-5-9-16(10-6-14)20(21)22/h5-12H,13H2,1-4H3. The van der Waals surface area contributed by atoms with Gasteiger partial charge in [0.15, 0.2) is 0 Å². The monoisotopic (exact) mass is 314 g/mol. The second-order valence-electron chi connectivity index (χ2n) is 6.43. The van der Waals surface area contributed by atoms with Crippen LogP contribution in [0.25, 0.3) is 11.1 Å². The molecule has 0 unspecified atom stereocenters. The lowest BCUT2D eigenvalue weighted by molar-refractivity contribution is -0.384. The molecule has 2 aromatic carbocycles. The highest BCUT2D eigenvalue weighted by Crippen LogP contribution is 2.26. The number of likely N-dealkylation sites (N-methyl/N-ethyl adjacent to an activating group) is 1. The van der Waals surface area contributed by atoms with Crippen molar-refractivity contribution in [3.05, 3.63) is 58.6 Å². The summed E-state index contributed by atoms with van der Waals surface area (Å²) >= 11 is 0. The highest BCUT2D eigenvalue weighted by molar-refractivity contribution is 5.65. The third-order valence-corrected chi connectivity index (χ3v) is 3.36. The SMILES string of the molecule is CN(C)CC(C)(C)Oc1ccc(-c2ccc([N+](=O)[O-])cc2)cc1. The van der Waals surface area contributed by atoms with E-state index in [0.29, 0.717) is 0 Å². The normalized spacial score (nSPS) is 11.5. The van der Waals surface area contributed by atoms with Crippen LogP contribution < -0.4 is 4.74 Å². The number of rotatable bonds is 6. The van der Waals surface area contributed by atoms with Gasteiger partial charge in [0.1, 0.15) is 11.4 Å². The smallest absolute Gasteiger partial charge is 0.269 e. The second-order valence-corrected chi connectivity index (χ2v) is 6.43. The van der Waals surface area contributed by atoms with Gasteiger partial charge >= 0.3 is 0 Å². The molecule has 0 amide bonds. The van der Waals surface area contributed by atoms with E-state index in [1.807, 2.05) is 38.4 Å². The molecule has 122 valence electrons. The first-order chi connectivity index (χ1) is 10.8. The van der Waals surface area contributed by atoms with Gasteiger partial charge in [-0.3, -0.25) is 10.1 Å². The van der Waals surface area contributed by atoms with E-state index < -0.39 is 4.92 Å². The van der Waals surface area contributed by atoms with Crippen molar-refractivity contribution in [1.29, 1.82) is 0 Å². The summed E-state index contributed by atoms with van der Waals surface area (Å²) in [5.41, 5.74) is 1.75. The molecule has 0 saturated carbocycles. The number of hydrogen-bond acceptors (Lipinski definition) is 4. The summed E-state index contributed by atoms with van der Waals surface area (Å²) in [7, 11) is 4.03. The Bertz CT molecular complexity index is 662. The van der Waals surface area contributed by atoms with E-state index in [4.69, 9.17) is 4.74 Å². The van der Waals surface area contributed by atoms with Crippen LogP contribution in [-0.4, -0.2) is 36.1 Å². The highest BCUT2D eigenvalue weighted by Gasteiger charge is 2.20. The predicted octanol–water partition coefficient (Wildman–Crippen LogP) is 3.98. The van der Waals surface area contributed by atoms with Gasteiger partial charge in [-0.15, -0.1) is 0 Å². The van der Waals surface area contributed by atoms with Crippen molar-refractivity contribution in [2.45, 2.75) is 19.4 Å². The van der Waals surface area contributed by atoms with Crippen molar-refractivity contribution in [2.24, 2.45) is 0 Å². The molecule has 0 N–H and O–H groups in total. The molecule has 0 fully saturated rings. The fourth-order valence-electron chi connectivity index (χ4n) is 2.60. The Morgan fingerprint density at radius 3 is 1.91 bits per heavy atom. The molecule has 0 spiro atoms. The third-order valence-electron chi connectivity index (χ3n) is 3.36. The van der Waals surface area contributed by atoms with Crippen molar-refractivity contribution in [2.75, 3.05) is 20.6 Å². The largest absolute Gasteiger partial charge is 0.487 e. The molecule has 0 atom stereocenters. The Morgan fingerprint density at radius 1 is 1.00 bits per heavy atom. The summed E-state index contributed by atoms with van der Waals surface area (Å²) < 4.78 is 6.02. The topological polar surface area (TPSA) is 55.6 Å². The van der Waals surface area contributed by atoms with E-state index in [2.05, 4.69) is 18.7 Å². The zero-order chi connectivity index (χ0) is 17.0. The maximum Gasteiger partial charge on any atom is 0.269 e. The van der Waals surface area contributed by atoms with Crippen molar-refractivity contribution < 1.29 is 9.66 Å². The van der Waals surface area contributed by atoms with Gasteiger partial charge in [0.05, 0.1) is 4.92 Å². The first kappa shape index (κ1) is 17.0. The number of hydrogen-bond donors (Lipinski definition) is 0. The van der Waals surface area contributed by atoms with Crippen LogP contribution in [-0.2, 0) is 0 Å². The van der Waals surface area contributed by atoms with Crippen LogP contribution in [0, 0.1) is 10.1 Å². The summed E-state index contributed by atoms with van der Waals surface area (Å²) in [6, 6.07) is 14.3. The maximum atomic E-state index is 10.7. The second kappa shape index (κ2) is 6.79. The Kier molecular flexibility index (Phi) is 5.01.